The van der Waals surface area contributed by atoms with Gasteiger partial charge in [-0.15, -0.1) is 0 Å². The van der Waals surface area contributed by atoms with E-state index in [-0.39, 0.29) is 11.6 Å². The van der Waals surface area contributed by atoms with E-state index in [1.54, 1.807) is 30.3 Å². The lowest BCUT2D eigenvalue weighted by Gasteiger charge is -2.25. The predicted octanol–water partition coefficient (Wildman–Crippen LogP) is 3.89. The van der Waals surface area contributed by atoms with Crippen LogP contribution in [0.2, 0.25) is 0 Å². The zero-order valence-electron chi connectivity index (χ0n) is 22.2. The van der Waals surface area contributed by atoms with Crippen molar-refractivity contribution in [2.45, 2.75) is 0 Å². The lowest BCUT2D eigenvalue weighted by atomic mass is 9.83. The molecule has 40 heavy (non-hydrogen) atoms. The van der Waals surface area contributed by atoms with Gasteiger partial charge in [0.25, 0.3) is 0 Å². The van der Waals surface area contributed by atoms with Gasteiger partial charge in [0.2, 0.25) is 0 Å². The largest absolute Gasteiger partial charge is 0.377 e. The van der Waals surface area contributed by atoms with Gasteiger partial charge in [0.05, 0.1) is 63.9 Å². The average molecular weight is 542 g/mol. The van der Waals surface area contributed by atoms with Gasteiger partial charge in [-0.1, -0.05) is 24.3 Å². The summed E-state index contributed by atoms with van der Waals surface area (Å²) in [5, 5.41) is 0. The topological polar surface area (TPSA) is 103 Å². The fraction of sp³-hybridized carbons (Fsp3) is 0.323. The van der Waals surface area contributed by atoms with Gasteiger partial charge in [0.15, 0.2) is 11.6 Å². The number of aromatic nitrogens is 2. The van der Waals surface area contributed by atoms with E-state index < -0.39 is 0 Å². The van der Waals surface area contributed by atoms with Crippen LogP contribution < -0.4 is 4.90 Å². The minimum absolute atomic E-state index is 0.151. The van der Waals surface area contributed by atoms with Gasteiger partial charge in [-0.25, -0.2) is 4.98 Å². The molecule has 0 bridgehead atoms. The summed E-state index contributed by atoms with van der Waals surface area (Å²) in [4.78, 5) is 36.8. The Balaban J connectivity index is 1.22. The molecule has 1 aliphatic carbocycles. The SMILES string of the molecule is O=C1c2ccccc2C(=O)c2c1ccc1[nH]c(-c3ccc(N4CCOCCOCCOCCOCC4)cc3)nc21. The third-order valence-corrected chi connectivity index (χ3v) is 7.18. The highest BCUT2D eigenvalue weighted by Crippen LogP contribution is 2.33. The lowest BCUT2D eigenvalue weighted by molar-refractivity contribution is 0.00206. The number of nitrogens with zero attached hydrogens (tertiary/aromatic N) is 2. The molecule has 9 heteroatoms. The Morgan fingerprint density at radius 1 is 0.625 bits per heavy atom. The number of hydrogen-bond donors (Lipinski definition) is 1. The summed E-state index contributed by atoms with van der Waals surface area (Å²) in [5.74, 6) is 0.309. The second kappa shape index (κ2) is 12.1. The zero-order chi connectivity index (χ0) is 27.3. The summed E-state index contributed by atoms with van der Waals surface area (Å²) in [6.45, 7) is 5.86. The van der Waals surface area contributed by atoms with E-state index in [1.165, 1.54) is 0 Å². The molecule has 6 rings (SSSR count). The second-order valence-corrected chi connectivity index (χ2v) is 9.66. The van der Waals surface area contributed by atoms with Gasteiger partial charge < -0.3 is 28.8 Å². The number of aromatic amines is 1. The fourth-order valence-corrected chi connectivity index (χ4v) is 5.10. The number of carbonyl (C=O) groups is 2. The number of carbonyl (C=O) groups excluding carboxylic acids is 2. The van der Waals surface area contributed by atoms with Crippen molar-refractivity contribution in [1.82, 2.24) is 9.97 Å². The molecule has 1 saturated heterocycles. The van der Waals surface area contributed by atoms with Crippen molar-refractivity contribution in [3.63, 3.8) is 0 Å². The van der Waals surface area contributed by atoms with Crippen molar-refractivity contribution in [1.29, 1.82) is 0 Å². The van der Waals surface area contributed by atoms with Crippen molar-refractivity contribution in [3.8, 4) is 11.4 Å². The number of ether oxygens (including phenoxy) is 4. The van der Waals surface area contributed by atoms with E-state index in [1.807, 2.05) is 30.3 Å². The first-order valence-corrected chi connectivity index (χ1v) is 13.6. The second-order valence-electron chi connectivity index (χ2n) is 9.66. The molecule has 1 aromatic heterocycles. The maximum Gasteiger partial charge on any atom is 0.196 e. The molecule has 2 heterocycles. The number of ketones is 2. The van der Waals surface area contributed by atoms with Crippen LogP contribution >= 0.6 is 0 Å². The van der Waals surface area contributed by atoms with Crippen LogP contribution in [0, 0.1) is 0 Å². The van der Waals surface area contributed by atoms with Gasteiger partial charge in [0.1, 0.15) is 11.3 Å². The van der Waals surface area contributed by atoms with Crippen LogP contribution in [-0.4, -0.2) is 87.5 Å². The van der Waals surface area contributed by atoms with E-state index in [0.717, 1.165) is 11.3 Å². The first-order valence-electron chi connectivity index (χ1n) is 13.6. The first kappa shape index (κ1) is 26.3. The Kier molecular flexibility index (Phi) is 7.97. The highest BCUT2D eigenvalue weighted by Gasteiger charge is 2.32. The number of H-pyrrole nitrogens is 1. The molecular weight excluding hydrogens is 510 g/mol. The molecular formula is C31H31N3O6. The molecule has 1 aliphatic heterocycles. The number of anilines is 1. The highest BCUT2D eigenvalue weighted by molar-refractivity contribution is 6.31. The van der Waals surface area contributed by atoms with Crippen LogP contribution in [-0.2, 0) is 18.9 Å². The molecule has 1 fully saturated rings. The molecule has 0 amide bonds. The van der Waals surface area contributed by atoms with E-state index in [9.17, 15) is 9.59 Å². The van der Waals surface area contributed by atoms with Gasteiger partial charge in [0, 0.05) is 41.0 Å². The number of nitrogens with one attached hydrogen (secondary N) is 1. The third kappa shape index (κ3) is 5.41. The smallest absolute Gasteiger partial charge is 0.196 e. The van der Waals surface area contributed by atoms with Crippen LogP contribution in [0.15, 0.2) is 60.7 Å². The molecule has 9 nitrogen and oxygen atoms in total. The number of fused-ring (bicyclic) bond motifs is 4. The number of imidazole rings is 1. The summed E-state index contributed by atoms with van der Waals surface area (Å²) in [5.41, 5.74) is 4.75. The van der Waals surface area contributed by atoms with E-state index >= 15 is 0 Å². The van der Waals surface area contributed by atoms with Crippen LogP contribution in [0.4, 0.5) is 5.69 Å². The number of hydrogen-bond acceptors (Lipinski definition) is 8. The van der Waals surface area contributed by atoms with Crippen molar-refractivity contribution < 1.29 is 28.5 Å². The number of benzene rings is 3. The van der Waals surface area contributed by atoms with Crippen molar-refractivity contribution in [2.75, 3.05) is 70.8 Å². The Labute approximate surface area is 232 Å². The Bertz CT molecular complexity index is 1500. The van der Waals surface area contributed by atoms with Gasteiger partial charge in [-0.2, -0.15) is 0 Å². The standard InChI is InChI=1S/C31H31N3O6/c35-29-23-3-1-2-4-24(23)30(36)27-25(29)9-10-26-28(27)33-31(32-26)21-5-7-22(8-6-21)34-11-13-37-15-17-39-19-20-40-18-16-38-14-12-34/h1-10H,11-20H2,(H,32,33). The molecule has 3 aromatic carbocycles. The van der Waals surface area contributed by atoms with E-state index in [4.69, 9.17) is 23.9 Å². The normalized spacial score (nSPS) is 17.6. The molecule has 2 aliphatic rings. The van der Waals surface area contributed by atoms with Crippen LogP contribution in [0.5, 0.6) is 0 Å². The summed E-state index contributed by atoms with van der Waals surface area (Å²) in [7, 11) is 0. The van der Waals surface area contributed by atoms with Crippen LogP contribution in [0.1, 0.15) is 31.8 Å². The first-order chi connectivity index (χ1) is 19.7. The molecule has 1 N–H and O–H groups in total. The molecule has 0 spiro atoms. The monoisotopic (exact) mass is 541 g/mol. The van der Waals surface area contributed by atoms with Crippen LogP contribution in [0.3, 0.4) is 0 Å². The third-order valence-electron chi connectivity index (χ3n) is 7.18. The lowest BCUT2D eigenvalue weighted by Crippen LogP contribution is -2.31. The minimum Gasteiger partial charge on any atom is -0.377 e. The average Bonchev–Trinajstić information content (AvgIpc) is 3.42. The van der Waals surface area contributed by atoms with Crippen molar-refractivity contribution >= 4 is 28.3 Å². The molecule has 0 unspecified atom stereocenters. The van der Waals surface area contributed by atoms with E-state index in [0.29, 0.717) is 105 Å². The van der Waals surface area contributed by atoms with Gasteiger partial charge in [-0.3, -0.25) is 9.59 Å². The van der Waals surface area contributed by atoms with Crippen molar-refractivity contribution in [3.05, 3.63) is 82.9 Å². The summed E-state index contributed by atoms with van der Waals surface area (Å²) < 4.78 is 22.5. The molecule has 206 valence electrons. The molecule has 0 atom stereocenters. The Hall–Kier alpha value is -3.89. The molecule has 4 aromatic rings. The van der Waals surface area contributed by atoms with Gasteiger partial charge in [-0.05, 0) is 36.4 Å². The van der Waals surface area contributed by atoms with Crippen molar-refractivity contribution in [2.24, 2.45) is 0 Å². The molecule has 0 saturated carbocycles. The maximum atomic E-state index is 13.4. The Morgan fingerprint density at radius 2 is 1.20 bits per heavy atom. The summed E-state index contributed by atoms with van der Waals surface area (Å²) >= 11 is 0. The van der Waals surface area contributed by atoms with Gasteiger partial charge >= 0.3 is 0 Å². The quantitative estimate of drug-likeness (QED) is 0.359. The number of rotatable bonds is 2. The van der Waals surface area contributed by atoms with Crippen LogP contribution in [0.25, 0.3) is 22.4 Å². The zero-order valence-corrected chi connectivity index (χ0v) is 22.2. The molecule has 0 radical (unpaired) electrons. The summed E-state index contributed by atoms with van der Waals surface area (Å²) in [6.07, 6.45) is 0. The Morgan fingerprint density at radius 3 is 1.82 bits per heavy atom. The minimum atomic E-state index is -0.177. The fourth-order valence-electron chi connectivity index (χ4n) is 5.10. The predicted molar refractivity (Wildman–Crippen MR) is 150 cm³/mol. The van der Waals surface area contributed by atoms with E-state index in [2.05, 4.69) is 9.88 Å². The summed E-state index contributed by atoms with van der Waals surface area (Å²) in [6, 6.07) is 18.6. The maximum absolute atomic E-state index is 13.4. The highest BCUT2D eigenvalue weighted by atomic mass is 16.6.